The lowest BCUT2D eigenvalue weighted by Gasteiger charge is -2.35. The van der Waals surface area contributed by atoms with Crippen LogP contribution in [0.25, 0.3) is 66.4 Å². The number of furan rings is 1. The van der Waals surface area contributed by atoms with E-state index in [2.05, 4.69) is 241 Å². The van der Waals surface area contributed by atoms with Crippen molar-refractivity contribution in [2.75, 3.05) is 4.90 Å². The fraction of sp³-hybridized carbons (Fsp3) is 0.0164. The highest BCUT2D eigenvalue weighted by Crippen LogP contribution is 2.58. The summed E-state index contributed by atoms with van der Waals surface area (Å²) in [5, 5.41) is 2.25. The van der Waals surface area contributed by atoms with Crippen LogP contribution >= 0.6 is 0 Å². The van der Waals surface area contributed by atoms with E-state index in [0.717, 1.165) is 72.4 Å². The first-order chi connectivity index (χ1) is 31.3. The second-order valence-corrected chi connectivity index (χ2v) is 16.4. The minimum Gasteiger partial charge on any atom is -0.455 e. The Hall–Kier alpha value is -8.20. The van der Waals surface area contributed by atoms with Crippen LogP contribution in [0, 0.1) is 0 Å². The average Bonchev–Trinajstić information content (AvgIpc) is 3.89. The van der Waals surface area contributed by atoms with Crippen molar-refractivity contribution < 1.29 is 4.42 Å². The highest BCUT2D eigenvalue weighted by molar-refractivity contribution is 6.09. The van der Waals surface area contributed by atoms with Gasteiger partial charge in [0.2, 0.25) is 0 Å². The van der Waals surface area contributed by atoms with Crippen LogP contribution in [-0.4, -0.2) is 0 Å². The van der Waals surface area contributed by atoms with E-state index in [1.165, 1.54) is 33.4 Å². The van der Waals surface area contributed by atoms with E-state index in [1.807, 2.05) is 12.1 Å². The van der Waals surface area contributed by atoms with Gasteiger partial charge >= 0.3 is 0 Å². The molecule has 10 aromatic carbocycles. The maximum Gasteiger partial charge on any atom is 0.143 e. The molecule has 0 N–H and O–H groups in total. The van der Waals surface area contributed by atoms with Gasteiger partial charge in [-0.25, -0.2) is 0 Å². The van der Waals surface area contributed by atoms with Gasteiger partial charge in [-0.2, -0.15) is 0 Å². The number of fused-ring (bicyclic) bond motifs is 6. The van der Waals surface area contributed by atoms with Crippen LogP contribution in [0.1, 0.15) is 22.3 Å². The molecule has 0 aliphatic heterocycles. The predicted octanol–water partition coefficient (Wildman–Crippen LogP) is 16.4. The Morgan fingerprint density at radius 1 is 0.317 bits per heavy atom. The number of rotatable bonds is 8. The fourth-order valence-electron chi connectivity index (χ4n) is 10.2. The summed E-state index contributed by atoms with van der Waals surface area (Å²) in [6.45, 7) is 0. The topological polar surface area (TPSA) is 16.4 Å². The maximum absolute atomic E-state index is 6.54. The number of hydrogen-bond donors (Lipinski definition) is 0. The van der Waals surface area contributed by atoms with E-state index in [-0.39, 0.29) is 0 Å². The van der Waals surface area contributed by atoms with Gasteiger partial charge in [0, 0.05) is 38.8 Å². The Bertz CT molecular complexity index is 3330. The van der Waals surface area contributed by atoms with Crippen molar-refractivity contribution in [1.29, 1.82) is 0 Å². The molecule has 1 aromatic heterocycles. The summed E-state index contributed by atoms with van der Waals surface area (Å²) in [6.07, 6.45) is 0. The Morgan fingerprint density at radius 2 is 0.794 bits per heavy atom. The zero-order valence-electron chi connectivity index (χ0n) is 34.5. The highest BCUT2D eigenvalue weighted by atomic mass is 16.3. The van der Waals surface area contributed by atoms with Gasteiger partial charge < -0.3 is 9.32 Å². The lowest BCUT2D eigenvalue weighted by atomic mass is 9.67. The SMILES string of the molecule is c1ccc(-c2cccc(-c3ccccc3)c2N(c2ccc(-c3cccc4c3oc3ccccc34)cc2)c2ccc3c(c2)C(c2ccccc2)(c2ccccc2)c2ccccc2-3)cc1. The molecule has 0 radical (unpaired) electrons. The van der Waals surface area contributed by atoms with Gasteiger partial charge in [0.25, 0.3) is 0 Å². The lowest BCUT2D eigenvalue weighted by Crippen LogP contribution is -2.28. The van der Waals surface area contributed by atoms with E-state index < -0.39 is 5.41 Å². The summed E-state index contributed by atoms with van der Waals surface area (Å²) in [7, 11) is 0. The van der Waals surface area contributed by atoms with Gasteiger partial charge in [-0.05, 0) is 80.4 Å². The Morgan fingerprint density at radius 3 is 1.46 bits per heavy atom. The molecule has 0 bridgehead atoms. The normalized spacial score (nSPS) is 12.6. The molecule has 0 saturated carbocycles. The van der Waals surface area contributed by atoms with Gasteiger partial charge in [0.05, 0.1) is 11.1 Å². The van der Waals surface area contributed by atoms with Crippen LogP contribution in [0.4, 0.5) is 17.1 Å². The third kappa shape index (κ3) is 5.87. The Labute approximate surface area is 367 Å². The average molecular weight is 804 g/mol. The fourth-order valence-corrected chi connectivity index (χ4v) is 10.2. The van der Waals surface area contributed by atoms with Crippen molar-refractivity contribution in [3.63, 3.8) is 0 Å². The quantitative estimate of drug-likeness (QED) is 0.152. The molecule has 0 saturated heterocycles. The molecule has 11 aromatic rings. The van der Waals surface area contributed by atoms with Crippen molar-refractivity contribution in [1.82, 2.24) is 0 Å². The van der Waals surface area contributed by atoms with E-state index in [1.54, 1.807) is 0 Å². The molecule has 12 rings (SSSR count). The number of benzene rings is 10. The molecule has 1 aliphatic rings. The standard InChI is InChI=1S/C61H41NO/c1-5-19-42(20-6-1)49-29-17-30-50(43-21-7-2-8-22-43)59(49)62(47-37-35-44(36-38-47)51-31-18-32-55-54-28-14-16-34-58(54)63-60(51)55)48-39-40-53-52-27-13-15-33-56(52)61(57(53)41-48,45-23-9-3-10-24-45)46-25-11-4-12-26-46/h1-41H. The van der Waals surface area contributed by atoms with Crippen molar-refractivity contribution in [3.8, 4) is 44.5 Å². The highest BCUT2D eigenvalue weighted by Gasteiger charge is 2.46. The number of anilines is 3. The van der Waals surface area contributed by atoms with Crippen LogP contribution in [0.15, 0.2) is 253 Å². The van der Waals surface area contributed by atoms with Crippen molar-refractivity contribution in [2.45, 2.75) is 5.41 Å². The monoisotopic (exact) mass is 803 g/mol. The van der Waals surface area contributed by atoms with Crippen molar-refractivity contribution in [3.05, 3.63) is 271 Å². The van der Waals surface area contributed by atoms with Gasteiger partial charge in [0.15, 0.2) is 0 Å². The van der Waals surface area contributed by atoms with Crippen LogP contribution in [0.5, 0.6) is 0 Å². The summed E-state index contributed by atoms with van der Waals surface area (Å²) >= 11 is 0. The third-order valence-corrected chi connectivity index (χ3v) is 13.0. The number of hydrogen-bond acceptors (Lipinski definition) is 2. The van der Waals surface area contributed by atoms with Crippen LogP contribution in [0.3, 0.4) is 0 Å². The lowest BCUT2D eigenvalue weighted by molar-refractivity contribution is 0.670. The smallest absolute Gasteiger partial charge is 0.143 e. The second-order valence-electron chi connectivity index (χ2n) is 16.4. The molecular formula is C61H41NO. The summed E-state index contributed by atoms with van der Waals surface area (Å²) in [4.78, 5) is 2.49. The molecule has 1 aliphatic carbocycles. The molecule has 0 unspecified atom stereocenters. The molecule has 2 nitrogen and oxygen atoms in total. The van der Waals surface area contributed by atoms with Gasteiger partial charge in [-0.15, -0.1) is 0 Å². The molecule has 0 amide bonds. The minimum atomic E-state index is -0.549. The first-order valence-electron chi connectivity index (χ1n) is 21.7. The molecule has 0 fully saturated rings. The second kappa shape index (κ2) is 15.1. The summed E-state index contributed by atoms with van der Waals surface area (Å²) in [6, 6.07) is 90.3. The van der Waals surface area contributed by atoms with E-state index in [0.29, 0.717) is 0 Å². The number of para-hydroxylation sites is 3. The van der Waals surface area contributed by atoms with Gasteiger partial charge in [-0.1, -0.05) is 218 Å². The zero-order valence-corrected chi connectivity index (χ0v) is 34.5. The van der Waals surface area contributed by atoms with Crippen LogP contribution in [0.2, 0.25) is 0 Å². The van der Waals surface area contributed by atoms with Crippen LogP contribution < -0.4 is 4.90 Å². The Kier molecular flexibility index (Phi) is 8.76. The molecule has 1 heterocycles. The molecule has 0 spiro atoms. The predicted molar refractivity (Wildman–Crippen MR) is 262 cm³/mol. The molecule has 63 heavy (non-hydrogen) atoms. The van der Waals surface area contributed by atoms with Crippen LogP contribution in [-0.2, 0) is 5.41 Å². The largest absolute Gasteiger partial charge is 0.455 e. The zero-order chi connectivity index (χ0) is 41.7. The van der Waals surface area contributed by atoms with Gasteiger partial charge in [-0.3, -0.25) is 0 Å². The van der Waals surface area contributed by atoms with E-state index in [4.69, 9.17) is 4.42 Å². The Balaban J connectivity index is 1.13. The number of nitrogens with zero attached hydrogens (tertiary/aromatic N) is 1. The first kappa shape index (κ1) is 36.6. The maximum atomic E-state index is 6.54. The summed E-state index contributed by atoms with van der Waals surface area (Å²) in [5.74, 6) is 0. The molecular weight excluding hydrogens is 763 g/mol. The first-order valence-corrected chi connectivity index (χ1v) is 21.7. The van der Waals surface area contributed by atoms with Crippen molar-refractivity contribution in [2.24, 2.45) is 0 Å². The molecule has 0 atom stereocenters. The third-order valence-electron chi connectivity index (χ3n) is 13.0. The summed E-state index contributed by atoms with van der Waals surface area (Å²) in [5.41, 5.74) is 18.8. The minimum absolute atomic E-state index is 0.549. The van der Waals surface area contributed by atoms with E-state index >= 15 is 0 Å². The molecule has 296 valence electrons. The summed E-state index contributed by atoms with van der Waals surface area (Å²) < 4.78 is 6.54. The van der Waals surface area contributed by atoms with Crippen molar-refractivity contribution >= 4 is 39.0 Å². The molecule has 2 heteroatoms. The van der Waals surface area contributed by atoms with E-state index in [9.17, 15) is 0 Å². The van der Waals surface area contributed by atoms with Gasteiger partial charge in [0.1, 0.15) is 11.2 Å².